The number of pyridine rings is 1. The SMILES string of the molecule is CC(C)n1c(-c2cc(F)ccc2O)nc2cccnc21. The Morgan fingerprint density at radius 1 is 1.25 bits per heavy atom. The van der Waals surface area contributed by atoms with Crippen LogP contribution in [0.3, 0.4) is 0 Å². The Labute approximate surface area is 115 Å². The van der Waals surface area contributed by atoms with E-state index in [-0.39, 0.29) is 11.8 Å². The number of fused-ring (bicyclic) bond motifs is 1. The van der Waals surface area contributed by atoms with Crippen LogP contribution in [-0.2, 0) is 0 Å². The Hall–Kier alpha value is -2.43. The number of benzene rings is 1. The molecule has 20 heavy (non-hydrogen) atoms. The molecule has 2 heterocycles. The van der Waals surface area contributed by atoms with Crippen LogP contribution in [0.15, 0.2) is 36.5 Å². The number of nitrogens with zero attached hydrogens (tertiary/aromatic N) is 3. The second kappa shape index (κ2) is 4.59. The van der Waals surface area contributed by atoms with Crippen LogP contribution in [0, 0.1) is 5.82 Å². The number of aromatic nitrogens is 3. The number of imidazole rings is 1. The van der Waals surface area contributed by atoms with E-state index in [0.29, 0.717) is 11.4 Å². The molecule has 102 valence electrons. The number of hydrogen-bond acceptors (Lipinski definition) is 3. The summed E-state index contributed by atoms with van der Waals surface area (Å²) in [7, 11) is 0. The zero-order valence-corrected chi connectivity index (χ0v) is 11.2. The van der Waals surface area contributed by atoms with E-state index in [1.165, 1.54) is 18.2 Å². The molecule has 3 aromatic rings. The number of hydrogen-bond donors (Lipinski definition) is 1. The summed E-state index contributed by atoms with van der Waals surface area (Å²) in [4.78, 5) is 8.81. The molecule has 5 heteroatoms. The maximum atomic E-state index is 13.5. The molecule has 0 amide bonds. The number of rotatable bonds is 2. The van der Waals surface area contributed by atoms with E-state index in [2.05, 4.69) is 9.97 Å². The van der Waals surface area contributed by atoms with E-state index < -0.39 is 5.82 Å². The van der Waals surface area contributed by atoms with Gasteiger partial charge < -0.3 is 9.67 Å². The molecule has 4 nitrogen and oxygen atoms in total. The first-order valence-corrected chi connectivity index (χ1v) is 6.40. The fourth-order valence-corrected chi connectivity index (χ4v) is 2.30. The average Bonchev–Trinajstić information content (AvgIpc) is 2.80. The Bertz CT molecular complexity index is 780. The molecule has 3 rings (SSSR count). The maximum Gasteiger partial charge on any atom is 0.160 e. The first kappa shape index (κ1) is 12.6. The lowest BCUT2D eigenvalue weighted by Crippen LogP contribution is -2.04. The van der Waals surface area contributed by atoms with Gasteiger partial charge >= 0.3 is 0 Å². The second-order valence-corrected chi connectivity index (χ2v) is 4.91. The van der Waals surface area contributed by atoms with Crippen molar-refractivity contribution in [2.75, 3.05) is 0 Å². The fourth-order valence-electron chi connectivity index (χ4n) is 2.30. The Morgan fingerprint density at radius 3 is 2.80 bits per heavy atom. The number of phenolic OH excluding ortho intramolecular Hbond substituents is 1. The van der Waals surface area contributed by atoms with Gasteiger partial charge in [0.15, 0.2) is 5.65 Å². The summed E-state index contributed by atoms with van der Waals surface area (Å²) in [6.07, 6.45) is 1.69. The maximum absolute atomic E-state index is 13.5. The monoisotopic (exact) mass is 271 g/mol. The van der Waals surface area contributed by atoms with Crippen LogP contribution >= 0.6 is 0 Å². The summed E-state index contributed by atoms with van der Waals surface area (Å²) in [6, 6.07) is 7.58. The molecule has 0 aliphatic carbocycles. The van der Waals surface area contributed by atoms with Gasteiger partial charge in [0, 0.05) is 12.2 Å². The van der Waals surface area contributed by atoms with Crippen LogP contribution in [0.25, 0.3) is 22.6 Å². The Morgan fingerprint density at radius 2 is 2.05 bits per heavy atom. The van der Waals surface area contributed by atoms with Gasteiger partial charge in [-0.05, 0) is 44.2 Å². The zero-order chi connectivity index (χ0) is 14.3. The summed E-state index contributed by atoms with van der Waals surface area (Å²) < 4.78 is 15.4. The third-order valence-corrected chi connectivity index (χ3v) is 3.16. The highest BCUT2D eigenvalue weighted by Crippen LogP contribution is 2.33. The predicted octanol–water partition coefficient (Wildman–Crippen LogP) is 3.52. The minimum Gasteiger partial charge on any atom is -0.507 e. The second-order valence-electron chi connectivity index (χ2n) is 4.91. The van der Waals surface area contributed by atoms with Crippen molar-refractivity contribution in [3.63, 3.8) is 0 Å². The van der Waals surface area contributed by atoms with Gasteiger partial charge in [-0.15, -0.1) is 0 Å². The van der Waals surface area contributed by atoms with Crippen molar-refractivity contribution in [3.05, 3.63) is 42.3 Å². The first-order chi connectivity index (χ1) is 9.58. The van der Waals surface area contributed by atoms with Crippen LogP contribution in [0.1, 0.15) is 19.9 Å². The van der Waals surface area contributed by atoms with Crippen molar-refractivity contribution in [1.29, 1.82) is 0 Å². The van der Waals surface area contributed by atoms with E-state index in [1.807, 2.05) is 24.5 Å². The van der Waals surface area contributed by atoms with Crippen LogP contribution in [0.2, 0.25) is 0 Å². The van der Waals surface area contributed by atoms with E-state index in [1.54, 1.807) is 12.3 Å². The minimum atomic E-state index is -0.409. The Balaban J connectivity index is 2.35. The van der Waals surface area contributed by atoms with Crippen molar-refractivity contribution >= 4 is 11.2 Å². The van der Waals surface area contributed by atoms with Crippen LogP contribution in [0.5, 0.6) is 5.75 Å². The van der Waals surface area contributed by atoms with E-state index >= 15 is 0 Å². The van der Waals surface area contributed by atoms with Gasteiger partial charge in [0.2, 0.25) is 0 Å². The Kier molecular flexibility index (Phi) is 2.89. The molecule has 0 spiro atoms. The zero-order valence-electron chi connectivity index (χ0n) is 11.2. The van der Waals surface area contributed by atoms with Gasteiger partial charge in [-0.25, -0.2) is 14.4 Å². The number of phenols is 1. The third-order valence-electron chi connectivity index (χ3n) is 3.16. The van der Waals surface area contributed by atoms with E-state index in [0.717, 1.165) is 11.2 Å². The van der Waals surface area contributed by atoms with Gasteiger partial charge in [-0.1, -0.05) is 0 Å². The summed E-state index contributed by atoms with van der Waals surface area (Å²) in [5.74, 6) is 0.113. The molecule has 0 radical (unpaired) electrons. The molecule has 0 unspecified atom stereocenters. The summed E-state index contributed by atoms with van der Waals surface area (Å²) in [6.45, 7) is 3.99. The standard InChI is InChI=1S/C15H14FN3O/c1-9(2)19-14(11-8-10(16)5-6-13(11)20)18-12-4-3-7-17-15(12)19/h3-9,20H,1-2H3. The molecule has 0 saturated carbocycles. The number of halogens is 1. The van der Waals surface area contributed by atoms with Crippen LogP contribution in [-0.4, -0.2) is 19.6 Å². The van der Waals surface area contributed by atoms with E-state index in [4.69, 9.17) is 0 Å². The quantitative estimate of drug-likeness (QED) is 0.775. The summed E-state index contributed by atoms with van der Waals surface area (Å²) in [5.41, 5.74) is 1.82. The highest BCUT2D eigenvalue weighted by Gasteiger charge is 2.18. The normalized spacial score (nSPS) is 11.4. The van der Waals surface area contributed by atoms with Crippen molar-refractivity contribution in [2.45, 2.75) is 19.9 Å². The average molecular weight is 271 g/mol. The molecular formula is C15H14FN3O. The molecule has 1 aromatic carbocycles. The van der Waals surface area contributed by atoms with Gasteiger partial charge in [-0.2, -0.15) is 0 Å². The topological polar surface area (TPSA) is 50.9 Å². The highest BCUT2D eigenvalue weighted by molar-refractivity contribution is 5.79. The molecular weight excluding hydrogens is 257 g/mol. The molecule has 2 aromatic heterocycles. The van der Waals surface area contributed by atoms with Crippen molar-refractivity contribution < 1.29 is 9.50 Å². The lowest BCUT2D eigenvalue weighted by Gasteiger charge is -2.13. The lowest BCUT2D eigenvalue weighted by atomic mass is 10.1. The molecule has 0 aliphatic rings. The third kappa shape index (κ3) is 1.91. The van der Waals surface area contributed by atoms with E-state index in [9.17, 15) is 9.50 Å². The van der Waals surface area contributed by atoms with Gasteiger partial charge in [0.25, 0.3) is 0 Å². The summed E-state index contributed by atoms with van der Waals surface area (Å²) >= 11 is 0. The molecule has 0 saturated heterocycles. The smallest absolute Gasteiger partial charge is 0.160 e. The van der Waals surface area contributed by atoms with Gasteiger partial charge in [0.1, 0.15) is 22.9 Å². The summed E-state index contributed by atoms with van der Waals surface area (Å²) in [5, 5.41) is 9.98. The van der Waals surface area contributed by atoms with Crippen LogP contribution < -0.4 is 0 Å². The number of aromatic hydroxyl groups is 1. The lowest BCUT2D eigenvalue weighted by molar-refractivity contribution is 0.474. The molecule has 1 N–H and O–H groups in total. The van der Waals surface area contributed by atoms with Crippen molar-refractivity contribution in [3.8, 4) is 17.1 Å². The predicted molar refractivity (Wildman–Crippen MR) is 75.0 cm³/mol. The minimum absolute atomic E-state index is 0.00334. The highest BCUT2D eigenvalue weighted by atomic mass is 19.1. The largest absolute Gasteiger partial charge is 0.507 e. The van der Waals surface area contributed by atoms with Crippen molar-refractivity contribution in [2.24, 2.45) is 0 Å². The molecule has 0 bridgehead atoms. The van der Waals surface area contributed by atoms with Crippen LogP contribution in [0.4, 0.5) is 4.39 Å². The molecule has 0 fully saturated rings. The van der Waals surface area contributed by atoms with Crippen molar-refractivity contribution in [1.82, 2.24) is 14.5 Å². The fraction of sp³-hybridized carbons (Fsp3) is 0.200. The molecule has 0 aliphatic heterocycles. The first-order valence-electron chi connectivity index (χ1n) is 6.40. The van der Waals surface area contributed by atoms with Gasteiger partial charge in [-0.3, -0.25) is 0 Å². The van der Waals surface area contributed by atoms with Gasteiger partial charge in [0.05, 0.1) is 5.56 Å². The molecule has 0 atom stereocenters.